The zero-order valence-corrected chi connectivity index (χ0v) is 10.4. The van der Waals surface area contributed by atoms with Crippen LogP contribution in [-0.4, -0.2) is 9.97 Å². The molecule has 3 N–H and O–H groups in total. The summed E-state index contributed by atoms with van der Waals surface area (Å²) >= 11 is 0. The summed E-state index contributed by atoms with van der Waals surface area (Å²) in [5.41, 5.74) is 8.16. The third-order valence-electron chi connectivity index (χ3n) is 3.06. The Labute approximate surface area is 111 Å². The molecule has 0 saturated heterocycles. The van der Waals surface area contributed by atoms with E-state index in [9.17, 15) is 0 Å². The van der Waals surface area contributed by atoms with Crippen LogP contribution in [0, 0.1) is 0 Å². The largest absolute Gasteiger partial charge is 0.463 e. The summed E-state index contributed by atoms with van der Waals surface area (Å²) < 4.78 is 5.32. The van der Waals surface area contributed by atoms with E-state index in [4.69, 9.17) is 10.2 Å². The van der Waals surface area contributed by atoms with Crippen LogP contribution in [0.2, 0.25) is 0 Å². The number of benzene rings is 1. The van der Waals surface area contributed by atoms with Gasteiger partial charge >= 0.3 is 0 Å². The molecule has 0 bridgehead atoms. The van der Waals surface area contributed by atoms with Crippen LogP contribution < -0.4 is 5.73 Å². The normalized spacial score (nSPS) is 12.5. The summed E-state index contributed by atoms with van der Waals surface area (Å²) in [5.74, 6) is 1.65. The van der Waals surface area contributed by atoms with E-state index in [2.05, 4.69) is 9.97 Å². The van der Waals surface area contributed by atoms with Crippen molar-refractivity contribution in [1.29, 1.82) is 0 Å². The van der Waals surface area contributed by atoms with Crippen molar-refractivity contribution in [3.05, 3.63) is 66.3 Å². The Hall–Kier alpha value is -2.33. The van der Waals surface area contributed by atoms with Crippen LogP contribution in [0.4, 0.5) is 0 Å². The summed E-state index contributed by atoms with van der Waals surface area (Å²) in [5, 5.41) is 0. The Kier molecular flexibility index (Phi) is 3.16. The molecule has 2 aromatic heterocycles. The topological polar surface area (TPSA) is 67.8 Å². The Bertz CT molecular complexity index is 628. The highest BCUT2D eigenvalue weighted by Gasteiger charge is 2.10. The molecule has 96 valence electrons. The average molecular weight is 253 g/mol. The number of aromatic amines is 1. The second kappa shape index (κ2) is 5.12. The molecule has 0 aliphatic rings. The second-order valence-corrected chi connectivity index (χ2v) is 4.44. The maximum absolute atomic E-state index is 6.17. The number of imidazole rings is 1. The molecule has 19 heavy (non-hydrogen) atoms. The van der Waals surface area contributed by atoms with E-state index in [0.717, 1.165) is 22.8 Å². The maximum atomic E-state index is 6.17. The molecule has 3 rings (SSSR count). The maximum Gasteiger partial charge on any atom is 0.151 e. The van der Waals surface area contributed by atoms with Gasteiger partial charge in [0, 0.05) is 12.5 Å². The first-order valence-corrected chi connectivity index (χ1v) is 6.21. The summed E-state index contributed by atoms with van der Waals surface area (Å²) in [6.07, 6.45) is 4.09. The minimum absolute atomic E-state index is 0.0585. The molecule has 1 unspecified atom stereocenters. The van der Waals surface area contributed by atoms with Gasteiger partial charge in [-0.25, -0.2) is 4.98 Å². The fourth-order valence-corrected chi connectivity index (χ4v) is 2.05. The minimum Gasteiger partial charge on any atom is -0.463 e. The zero-order chi connectivity index (χ0) is 13.1. The summed E-state index contributed by atoms with van der Waals surface area (Å²) in [4.78, 5) is 7.57. The fourth-order valence-electron chi connectivity index (χ4n) is 2.05. The number of H-pyrrole nitrogens is 1. The van der Waals surface area contributed by atoms with Crippen molar-refractivity contribution in [3.63, 3.8) is 0 Å². The van der Waals surface area contributed by atoms with Crippen LogP contribution in [0.25, 0.3) is 11.5 Å². The number of nitrogens with one attached hydrogen (secondary N) is 1. The van der Waals surface area contributed by atoms with Crippen molar-refractivity contribution >= 4 is 0 Å². The minimum atomic E-state index is -0.0585. The van der Waals surface area contributed by atoms with Gasteiger partial charge in [0.25, 0.3) is 0 Å². The fraction of sp³-hybridized carbons (Fsp3) is 0.133. The van der Waals surface area contributed by atoms with E-state index in [1.165, 1.54) is 0 Å². The predicted molar refractivity (Wildman–Crippen MR) is 73.4 cm³/mol. The van der Waals surface area contributed by atoms with Crippen molar-refractivity contribution in [1.82, 2.24) is 9.97 Å². The number of furan rings is 1. The highest BCUT2D eigenvalue weighted by atomic mass is 16.3. The molecule has 0 saturated carbocycles. The van der Waals surface area contributed by atoms with Gasteiger partial charge in [-0.15, -0.1) is 0 Å². The van der Waals surface area contributed by atoms with Crippen molar-refractivity contribution in [2.24, 2.45) is 5.73 Å². The predicted octanol–water partition coefficient (Wildman–Crippen LogP) is 2.91. The van der Waals surface area contributed by atoms with Crippen molar-refractivity contribution in [3.8, 4) is 11.5 Å². The molecule has 0 spiro atoms. The van der Waals surface area contributed by atoms with E-state index in [0.29, 0.717) is 6.42 Å². The molecule has 0 aliphatic heterocycles. The Balaban J connectivity index is 1.74. The van der Waals surface area contributed by atoms with E-state index < -0.39 is 0 Å². The third-order valence-corrected chi connectivity index (χ3v) is 3.06. The molecule has 1 atom stereocenters. The third kappa shape index (κ3) is 2.58. The summed E-state index contributed by atoms with van der Waals surface area (Å²) in [6.45, 7) is 0. The lowest BCUT2D eigenvalue weighted by Crippen LogP contribution is -2.13. The highest BCUT2D eigenvalue weighted by molar-refractivity contribution is 5.50. The van der Waals surface area contributed by atoms with Gasteiger partial charge in [-0.1, -0.05) is 30.3 Å². The van der Waals surface area contributed by atoms with Crippen LogP contribution in [-0.2, 0) is 6.42 Å². The number of nitrogens with zero attached hydrogens (tertiary/aromatic N) is 1. The lowest BCUT2D eigenvalue weighted by Gasteiger charge is -2.09. The van der Waals surface area contributed by atoms with Crippen LogP contribution in [0.5, 0.6) is 0 Å². The van der Waals surface area contributed by atoms with Gasteiger partial charge in [0.1, 0.15) is 11.5 Å². The molecule has 0 aliphatic carbocycles. The van der Waals surface area contributed by atoms with Crippen LogP contribution >= 0.6 is 0 Å². The monoisotopic (exact) mass is 253 g/mol. The molecular weight excluding hydrogens is 238 g/mol. The SMILES string of the molecule is NC(Cc1ncc(-c2ccco2)[nH]1)c1ccccc1. The lowest BCUT2D eigenvalue weighted by molar-refractivity contribution is 0.580. The van der Waals surface area contributed by atoms with Crippen LogP contribution in [0.15, 0.2) is 59.3 Å². The first kappa shape index (κ1) is 11.7. The zero-order valence-electron chi connectivity index (χ0n) is 10.4. The van der Waals surface area contributed by atoms with E-state index in [-0.39, 0.29) is 6.04 Å². The van der Waals surface area contributed by atoms with Crippen molar-refractivity contribution in [2.75, 3.05) is 0 Å². The average Bonchev–Trinajstić information content (AvgIpc) is 3.10. The van der Waals surface area contributed by atoms with Gasteiger partial charge in [0.05, 0.1) is 12.5 Å². The molecule has 4 nitrogen and oxygen atoms in total. The number of aromatic nitrogens is 2. The number of rotatable bonds is 4. The molecule has 0 radical (unpaired) electrons. The number of hydrogen-bond acceptors (Lipinski definition) is 3. The van der Waals surface area contributed by atoms with E-state index in [1.54, 1.807) is 12.5 Å². The van der Waals surface area contributed by atoms with Gasteiger partial charge in [-0.05, 0) is 17.7 Å². The standard InChI is InChI=1S/C15H15N3O/c16-12(11-5-2-1-3-6-11)9-15-17-10-13(18-15)14-7-4-8-19-14/h1-8,10,12H,9,16H2,(H,17,18). The van der Waals surface area contributed by atoms with E-state index >= 15 is 0 Å². The summed E-state index contributed by atoms with van der Waals surface area (Å²) in [6, 6.07) is 13.7. The molecule has 2 heterocycles. The first-order valence-electron chi connectivity index (χ1n) is 6.21. The first-order chi connectivity index (χ1) is 9.33. The second-order valence-electron chi connectivity index (χ2n) is 4.44. The van der Waals surface area contributed by atoms with Gasteiger partial charge in [-0.3, -0.25) is 0 Å². The van der Waals surface area contributed by atoms with Crippen LogP contribution in [0.1, 0.15) is 17.4 Å². The quantitative estimate of drug-likeness (QED) is 0.751. The van der Waals surface area contributed by atoms with Gasteiger partial charge in [0.15, 0.2) is 5.76 Å². The van der Waals surface area contributed by atoms with Crippen LogP contribution in [0.3, 0.4) is 0 Å². The van der Waals surface area contributed by atoms with Gasteiger partial charge in [-0.2, -0.15) is 0 Å². The molecule has 4 heteroatoms. The van der Waals surface area contributed by atoms with E-state index in [1.807, 2.05) is 42.5 Å². The van der Waals surface area contributed by atoms with Gasteiger partial charge < -0.3 is 15.1 Å². The lowest BCUT2D eigenvalue weighted by atomic mass is 10.0. The van der Waals surface area contributed by atoms with Crippen molar-refractivity contribution < 1.29 is 4.42 Å². The highest BCUT2D eigenvalue weighted by Crippen LogP contribution is 2.19. The Morgan fingerprint density at radius 2 is 2.00 bits per heavy atom. The smallest absolute Gasteiger partial charge is 0.151 e. The number of nitrogens with two attached hydrogens (primary N) is 1. The number of hydrogen-bond donors (Lipinski definition) is 2. The molecule has 0 fully saturated rings. The summed E-state index contributed by atoms with van der Waals surface area (Å²) in [7, 11) is 0. The molecule has 1 aromatic carbocycles. The molecule has 0 amide bonds. The Morgan fingerprint density at radius 1 is 1.16 bits per heavy atom. The molecular formula is C15H15N3O. The van der Waals surface area contributed by atoms with Gasteiger partial charge in [0.2, 0.25) is 0 Å². The molecule has 3 aromatic rings. The Morgan fingerprint density at radius 3 is 2.74 bits per heavy atom. The van der Waals surface area contributed by atoms with Crippen molar-refractivity contribution in [2.45, 2.75) is 12.5 Å².